The van der Waals surface area contributed by atoms with Crippen LogP contribution >= 0.6 is 0 Å². The van der Waals surface area contributed by atoms with Gasteiger partial charge in [-0.05, 0) is 18.1 Å². The van der Waals surface area contributed by atoms with E-state index in [4.69, 9.17) is 0 Å². The molecule has 0 saturated carbocycles. The van der Waals surface area contributed by atoms with Crippen LogP contribution in [0.15, 0.2) is 53.6 Å². The number of carboxylic acid groups (broad SMARTS) is 1. The molecule has 29 heavy (non-hydrogen) atoms. The Labute approximate surface area is 170 Å². The Morgan fingerprint density at radius 1 is 1.00 bits per heavy atom. The van der Waals surface area contributed by atoms with Crippen molar-refractivity contribution in [2.45, 2.75) is 13.5 Å². The molecule has 3 N–H and O–H groups in total. The third-order valence-corrected chi connectivity index (χ3v) is 5.20. The first-order chi connectivity index (χ1) is 14.0. The van der Waals surface area contributed by atoms with Crippen LogP contribution in [-0.4, -0.2) is 50.8 Å². The number of nitrogens with zero attached hydrogens (tertiary/aromatic N) is 1. The maximum absolute atomic E-state index is 12.1. The van der Waals surface area contributed by atoms with Crippen molar-refractivity contribution < 1.29 is 24.5 Å². The van der Waals surface area contributed by atoms with E-state index >= 15 is 0 Å². The number of piperazine rings is 1. The molecule has 1 saturated heterocycles. The van der Waals surface area contributed by atoms with Gasteiger partial charge in [0.05, 0.1) is 12.2 Å². The number of nitrogens with one attached hydrogen (secondary N) is 3. The number of carbonyl (C=O) groups is 2. The first kappa shape index (κ1) is 20.7. The summed E-state index contributed by atoms with van der Waals surface area (Å²) >= 11 is 0. The number of aryl methyl sites for hydroxylation is 1. The van der Waals surface area contributed by atoms with Crippen molar-refractivity contribution in [1.82, 2.24) is 5.43 Å². The van der Waals surface area contributed by atoms with Crippen molar-refractivity contribution in [3.63, 3.8) is 0 Å². The quantitative estimate of drug-likeness (QED) is 0.367. The number of quaternary nitrogens is 2. The van der Waals surface area contributed by atoms with Gasteiger partial charge in [-0.3, -0.25) is 4.79 Å². The molecule has 0 aliphatic carbocycles. The second kappa shape index (κ2) is 9.95. The summed E-state index contributed by atoms with van der Waals surface area (Å²) in [5.74, 6) is -1.34. The van der Waals surface area contributed by atoms with E-state index in [9.17, 15) is 14.7 Å². The van der Waals surface area contributed by atoms with Gasteiger partial charge in [-0.25, -0.2) is 5.43 Å². The number of hydrogen-bond acceptors (Lipinski definition) is 4. The standard InChI is InChI=1S/C22H26N4O3/c1-17-2-4-19(5-3-17)15-25-10-12-26(13-11-25)16-21(27)24-23-14-18-6-8-20(9-7-18)22(28)29/h2-9,14H,10-13,15-16H2,1H3,(H,24,27)(H,28,29)/p+1. The number of hydrazone groups is 1. The van der Waals surface area contributed by atoms with Gasteiger partial charge < -0.3 is 19.7 Å². The molecule has 1 heterocycles. The molecule has 0 radical (unpaired) electrons. The molecule has 0 unspecified atom stereocenters. The van der Waals surface area contributed by atoms with Crippen molar-refractivity contribution >= 4 is 18.1 Å². The van der Waals surface area contributed by atoms with E-state index in [1.165, 1.54) is 34.4 Å². The topological polar surface area (TPSA) is 90.5 Å². The number of amides is 1. The Morgan fingerprint density at radius 3 is 2.24 bits per heavy atom. The van der Waals surface area contributed by atoms with Crippen LogP contribution < -0.4 is 20.3 Å². The number of aromatic carboxylic acids is 1. The van der Waals surface area contributed by atoms with Crippen LogP contribution in [0.5, 0.6) is 0 Å². The van der Waals surface area contributed by atoms with Crippen LogP contribution in [0, 0.1) is 6.92 Å². The highest BCUT2D eigenvalue weighted by atomic mass is 16.4. The van der Waals surface area contributed by atoms with Crippen molar-refractivity contribution in [2.24, 2.45) is 5.10 Å². The minimum Gasteiger partial charge on any atom is -0.545 e. The highest BCUT2D eigenvalue weighted by molar-refractivity contribution is 5.88. The third kappa shape index (κ3) is 6.51. The van der Waals surface area contributed by atoms with Crippen LogP contribution in [0.25, 0.3) is 0 Å². The van der Waals surface area contributed by atoms with E-state index in [1.807, 2.05) is 0 Å². The molecule has 152 valence electrons. The zero-order valence-corrected chi connectivity index (χ0v) is 16.6. The molecule has 7 heteroatoms. The minimum absolute atomic E-state index is 0.110. The van der Waals surface area contributed by atoms with Gasteiger partial charge >= 0.3 is 0 Å². The summed E-state index contributed by atoms with van der Waals surface area (Å²) in [7, 11) is 0. The van der Waals surface area contributed by atoms with E-state index in [0.717, 1.165) is 32.7 Å². The minimum atomic E-state index is -1.22. The smallest absolute Gasteiger partial charge is 0.295 e. The number of benzene rings is 2. The molecule has 1 amide bonds. The van der Waals surface area contributed by atoms with Crippen LogP contribution in [0.1, 0.15) is 27.0 Å². The molecule has 2 aromatic rings. The summed E-state index contributed by atoms with van der Waals surface area (Å²) in [5, 5.41) is 14.7. The Bertz CT molecular complexity index is 855. The van der Waals surface area contributed by atoms with Gasteiger partial charge in [-0.1, -0.05) is 54.1 Å². The van der Waals surface area contributed by atoms with Crippen LogP contribution in [0.3, 0.4) is 0 Å². The van der Waals surface area contributed by atoms with Crippen LogP contribution in [0.4, 0.5) is 0 Å². The van der Waals surface area contributed by atoms with Gasteiger partial charge in [0, 0.05) is 5.56 Å². The van der Waals surface area contributed by atoms with Gasteiger partial charge in [0.1, 0.15) is 32.7 Å². The molecular formula is C22H27N4O3+. The first-order valence-electron chi connectivity index (χ1n) is 9.85. The zero-order valence-electron chi connectivity index (χ0n) is 16.6. The lowest BCUT2D eigenvalue weighted by Crippen LogP contribution is -3.28. The van der Waals surface area contributed by atoms with Crippen molar-refractivity contribution in [3.8, 4) is 0 Å². The van der Waals surface area contributed by atoms with E-state index in [1.54, 1.807) is 17.0 Å². The third-order valence-electron chi connectivity index (χ3n) is 5.20. The monoisotopic (exact) mass is 395 g/mol. The maximum Gasteiger partial charge on any atom is 0.295 e. The van der Waals surface area contributed by atoms with Crippen LogP contribution in [-0.2, 0) is 11.3 Å². The summed E-state index contributed by atoms with van der Waals surface area (Å²) in [5.41, 5.74) is 5.99. The van der Waals surface area contributed by atoms with Crippen molar-refractivity contribution in [3.05, 3.63) is 70.8 Å². The number of carboxylic acids is 1. The summed E-state index contributed by atoms with van der Waals surface area (Å²) < 4.78 is 0. The van der Waals surface area contributed by atoms with E-state index in [-0.39, 0.29) is 11.5 Å². The maximum atomic E-state index is 12.1. The van der Waals surface area contributed by atoms with Crippen molar-refractivity contribution in [1.29, 1.82) is 0 Å². The van der Waals surface area contributed by atoms with Gasteiger partial charge in [0.15, 0.2) is 6.54 Å². The first-order valence-corrected chi connectivity index (χ1v) is 9.85. The molecule has 0 atom stereocenters. The fourth-order valence-electron chi connectivity index (χ4n) is 3.46. The highest BCUT2D eigenvalue weighted by Gasteiger charge is 2.24. The van der Waals surface area contributed by atoms with Gasteiger partial charge in [-0.15, -0.1) is 0 Å². The molecule has 0 aromatic heterocycles. The average molecular weight is 395 g/mol. The summed E-state index contributed by atoms with van der Waals surface area (Å²) in [4.78, 5) is 25.7. The number of carbonyl (C=O) groups excluding carboxylic acids is 2. The Kier molecular flexibility index (Phi) is 7.10. The molecule has 1 aliphatic heterocycles. The summed E-state index contributed by atoms with van der Waals surface area (Å²) in [6.45, 7) is 7.54. The molecule has 0 spiro atoms. The second-order valence-corrected chi connectivity index (χ2v) is 7.54. The molecule has 7 nitrogen and oxygen atoms in total. The van der Waals surface area contributed by atoms with E-state index in [2.05, 4.69) is 41.7 Å². The predicted octanol–water partition coefficient (Wildman–Crippen LogP) is -2.21. The van der Waals surface area contributed by atoms with Gasteiger partial charge in [0.2, 0.25) is 0 Å². The number of rotatable bonds is 7. The van der Waals surface area contributed by atoms with Crippen LogP contribution in [0.2, 0.25) is 0 Å². The molecule has 1 aliphatic rings. The fraction of sp³-hybridized carbons (Fsp3) is 0.318. The molecular weight excluding hydrogens is 368 g/mol. The fourth-order valence-corrected chi connectivity index (χ4v) is 3.46. The lowest BCUT2D eigenvalue weighted by atomic mass is 10.1. The normalized spacial score (nSPS) is 19.2. The summed E-state index contributed by atoms with van der Waals surface area (Å²) in [6.07, 6.45) is 1.50. The largest absolute Gasteiger partial charge is 0.545 e. The summed E-state index contributed by atoms with van der Waals surface area (Å²) in [6, 6.07) is 14.8. The predicted molar refractivity (Wildman–Crippen MR) is 108 cm³/mol. The Morgan fingerprint density at radius 2 is 1.62 bits per heavy atom. The van der Waals surface area contributed by atoms with E-state index < -0.39 is 5.97 Å². The highest BCUT2D eigenvalue weighted by Crippen LogP contribution is 2.02. The van der Waals surface area contributed by atoms with E-state index in [0.29, 0.717) is 12.1 Å². The zero-order chi connectivity index (χ0) is 20.6. The Balaban J connectivity index is 1.38. The lowest BCUT2D eigenvalue weighted by molar-refractivity contribution is -1.02. The van der Waals surface area contributed by atoms with Gasteiger partial charge in [0.25, 0.3) is 5.91 Å². The average Bonchev–Trinajstić information content (AvgIpc) is 2.71. The Hall–Kier alpha value is -3.03. The molecule has 3 rings (SSSR count). The molecule has 1 fully saturated rings. The molecule has 2 aromatic carbocycles. The SMILES string of the molecule is Cc1ccc(C[NH+]2CC[NH+](CC(=O)NN=Cc3ccc(C(=O)[O-])cc3)CC2)cc1. The second-order valence-electron chi connectivity index (χ2n) is 7.54. The number of hydrogen-bond donors (Lipinski definition) is 3. The lowest BCUT2D eigenvalue weighted by Gasteiger charge is -2.29. The molecule has 0 bridgehead atoms. The van der Waals surface area contributed by atoms with Gasteiger partial charge in [-0.2, -0.15) is 5.10 Å². The van der Waals surface area contributed by atoms with Crippen molar-refractivity contribution in [2.75, 3.05) is 32.7 Å².